The average molecular weight is 458 g/mol. The van der Waals surface area contributed by atoms with E-state index in [9.17, 15) is 9.18 Å². The minimum atomic E-state index is -0.610. The van der Waals surface area contributed by atoms with Crippen LogP contribution in [0.2, 0.25) is 0 Å². The summed E-state index contributed by atoms with van der Waals surface area (Å²) in [6, 6.07) is 3.70. The van der Waals surface area contributed by atoms with E-state index in [0.717, 1.165) is 58.5 Å². The van der Waals surface area contributed by atoms with Crippen LogP contribution in [0.4, 0.5) is 15.3 Å². The van der Waals surface area contributed by atoms with Crippen molar-refractivity contribution in [2.75, 3.05) is 12.0 Å². The summed E-state index contributed by atoms with van der Waals surface area (Å²) in [5, 5.41) is 6.97. The fraction of sp³-hybridized carbons (Fsp3) is 0.455. The molecule has 2 atom stereocenters. The van der Waals surface area contributed by atoms with Gasteiger partial charge < -0.3 is 10.2 Å². The number of nitrogens with zero attached hydrogens (tertiary/aromatic N) is 4. The number of carbonyl (C=O) groups is 1. The van der Waals surface area contributed by atoms with Crippen molar-refractivity contribution in [1.82, 2.24) is 19.9 Å². The number of amides is 1. The normalized spacial score (nSPS) is 22.7. The minimum Gasteiger partial charge on any atom is -0.327 e. The molecule has 2 bridgehead atoms. The lowest BCUT2D eigenvalue weighted by Gasteiger charge is -2.43. The van der Waals surface area contributed by atoms with Gasteiger partial charge in [-0.1, -0.05) is 0 Å². The predicted octanol–water partition coefficient (Wildman–Crippen LogP) is 5.52. The molecule has 0 aliphatic carbocycles. The van der Waals surface area contributed by atoms with Crippen LogP contribution in [0.25, 0.3) is 10.6 Å². The topological polar surface area (TPSA) is 71.0 Å². The Balaban J connectivity index is 1.31. The maximum Gasteiger partial charge on any atom is 0.256 e. The molecular formula is C22H24FN5OS2. The van der Waals surface area contributed by atoms with E-state index in [1.54, 1.807) is 29.7 Å². The second kappa shape index (κ2) is 7.94. The Bertz CT molecular complexity index is 1110. The first-order chi connectivity index (χ1) is 15.0. The molecule has 3 aromatic heterocycles. The van der Waals surface area contributed by atoms with E-state index >= 15 is 0 Å². The van der Waals surface area contributed by atoms with Gasteiger partial charge in [-0.2, -0.15) is 0 Å². The molecule has 1 amide bonds. The summed E-state index contributed by atoms with van der Waals surface area (Å²) in [6.45, 7) is 3.52. The number of nitrogens with one attached hydrogen (secondary N) is 1. The van der Waals surface area contributed by atoms with Crippen LogP contribution in [-0.4, -0.2) is 44.0 Å². The second-order valence-electron chi connectivity index (χ2n) is 8.36. The highest BCUT2D eigenvalue weighted by Gasteiger charge is 2.51. The van der Waals surface area contributed by atoms with Crippen LogP contribution in [0.15, 0.2) is 23.7 Å². The Morgan fingerprint density at radius 3 is 2.87 bits per heavy atom. The molecule has 2 fully saturated rings. The fourth-order valence-corrected chi connectivity index (χ4v) is 6.55. The van der Waals surface area contributed by atoms with E-state index in [4.69, 9.17) is 0 Å². The van der Waals surface area contributed by atoms with Gasteiger partial charge in [0.05, 0.1) is 32.4 Å². The molecule has 9 heteroatoms. The largest absolute Gasteiger partial charge is 0.327 e. The van der Waals surface area contributed by atoms with Crippen LogP contribution in [0.1, 0.15) is 53.2 Å². The van der Waals surface area contributed by atoms with Gasteiger partial charge in [0.1, 0.15) is 12.5 Å². The maximum absolute atomic E-state index is 13.9. The Hall–Kier alpha value is -2.39. The highest BCUT2D eigenvalue weighted by atomic mass is 32.1. The number of rotatable bonds is 5. The van der Waals surface area contributed by atoms with E-state index < -0.39 is 12.2 Å². The molecule has 162 valence electrons. The fourth-order valence-electron chi connectivity index (χ4n) is 4.88. The van der Waals surface area contributed by atoms with Crippen LogP contribution in [0.3, 0.4) is 0 Å². The van der Waals surface area contributed by atoms with Gasteiger partial charge in [-0.25, -0.2) is 19.3 Å². The standard InChI is InChI=1S/C22H24FN5OS2/c1-13-19(31-14(2)25-13)17-11-30-21(26-17)27-18-6-5-15(10-24-18)20(29)28-16-4-3-8-22(28,12-23)9-7-16/h5-6,10-11,16H,3-4,7-9,12H2,1-2H3,(H,24,26,27)/t16-,22+/m0/s1. The third kappa shape index (κ3) is 3.63. The molecule has 2 aliphatic rings. The van der Waals surface area contributed by atoms with Gasteiger partial charge in [0.2, 0.25) is 0 Å². The van der Waals surface area contributed by atoms with Crippen molar-refractivity contribution < 1.29 is 9.18 Å². The number of halogens is 1. The summed E-state index contributed by atoms with van der Waals surface area (Å²) in [4.78, 5) is 29.6. The summed E-state index contributed by atoms with van der Waals surface area (Å²) in [5.41, 5.74) is 1.78. The number of hydrogen-bond acceptors (Lipinski definition) is 7. The molecule has 0 aromatic carbocycles. The lowest BCUT2D eigenvalue weighted by Crippen LogP contribution is -2.54. The second-order valence-corrected chi connectivity index (χ2v) is 10.4. The molecular weight excluding hydrogens is 433 g/mol. The highest BCUT2D eigenvalue weighted by molar-refractivity contribution is 7.16. The average Bonchev–Trinajstić information content (AvgIpc) is 3.42. The van der Waals surface area contributed by atoms with Crippen molar-refractivity contribution in [1.29, 1.82) is 0 Å². The third-order valence-corrected chi connectivity index (χ3v) is 8.20. The summed E-state index contributed by atoms with van der Waals surface area (Å²) >= 11 is 3.13. The summed E-state index contributed by atoms with van der Waals surface area (Å²) in [7, 11) is 0. The number of thiazole rings is 2. The van der Waals surface area contributed by atoms with Crippen LogP contribution in [-0.2, 0) is 0 Å². The molecule has 1 N–H and O–H groups in total. The van der Waals surface area contributed by atoms with Crippen molar-refractivity contribution in [3.05, 3.63) is 40.0 Å². The first kappa shape index (κ1) is 20.5. The van der Waals surface area contributed by atoms with E-state index in [1.165, 1.54) is 11.3 Å². The van der Waals surface area contributed by atoms with Gasteiger partial charge in [-0.3, -0.25) is 4.79 Å². The smallest absolute Gasteiger partial charge is 0.256 e. The van der Waals surface area contributed by atoms with E-state index in [2.05, 4.69) is 20.3 Å². The molecule has 0 spiro atoms. The third-order valence-electron chi connectivity index (χ3n) is 6.35. The molecule has 2 aliphatic heterocycles. The molecule has 0 unspecified atom stereocenters. The monoisotopic (exact) mass is 457 g/mol. The van der Waals surface area contributed by atoms with E-state index in [1.807, 2.05) is 24.1 Å². The molecule has 0 radical (unpaired) electrons. The van der Waals surface area contributed by atoms with Gasteiger partial charge in [0.25, 0.3) is 5.91 Å². The summed E-state index contributed by atoms with van der Waals surface area (Å²) in [5.74, 6) is 0.517. The maximum atomic E-state index is 13.9. The molecule has 6 nitrogen and oxygen atoms in total. The SMILES string of the molecule is Cc1nc(C)c(-c2csc(Nc3ccc(C(=O)N4[C@H]5CCC[C@]4(CF)CC5)cn3)n2)s1. The number of anilines is 2. The quantitative estimate of drug-likeness (QED) is 0.546. The molecule has 2 saturated heterocycles. The van der Waals surface area contributed by atoms with Gasteiger partial charge in [-0.15, -0.1) is 22.7 Å². The zero-order chi connectivity index (χ0) is 21.6. The molecule has 5 rings (SSSR count). The Morgan fingerprint density at radius 1 is 1.29 bits per heavy atom. The molecule has 5 heterocycles. The van der Waals surface area contributed by atoms with Crippen molar-refractivity contribution in [2.24, 2.45) is 0 Å². The van der Waals surface area contributed by atoms with Gasteiger partial charge >= 0.3 is 0 Å². The minimum absolute atomic E-state index is 0.105. The van der Waals surface area contributed by atoms with Gasteiger partial charge in [-0.05, 0) is 58.1 Å². The van der Waals surface area contributed by atoms with E-state index in [0.29, 0.717) is 11.4 Å². The summed E-state index contributed by atoms with van der Waals surface area (Å²) in [6.07, 6.45) is 5.95. The van der Waals surface area contributed by atoms with Crippen LogP contribution < -0.4 is 5.32 Å². The predicted molar refractivity (Wildman–Crippen MR) is 122 cm³/mol. The first-order valence-corrected chi connectivity index (χ1v) is 12.2. The molecule has 31 heavy (non-hydrogen) atoms. The van der Waals surface area contributed by atoms with Crippen molar-refractivity contribution in [3.63, 3.8) is 0 Å². The number of fused-ring (bicyclic) bond motifs is 2. The first-order valence-electron chi connectivity index (χ1n) is 10.5. The number of carbonyl (C=O) groups excluding carboxylic acids is 1. The lowest BCUT2D eigenvalue weighted by atomic mass is 9.89. The van der Waals surface area contributed by atoms with Gasteiger partial charge in [0, 0.05) is 17.6 Å². The number of piperidine rings is 1. The summed E-state index contributed by atoms with van der Waals surface area (Å²) < 4.78 is 13.9. The Morgan fingerprint density at radius 2 is 2.16 bits per heavy atom. The zero-order valence-corrected chi connectivity index (χ0v) is 19.2. The van der Waals surface area contributed by atoms with Gasteiger partial charge in [0.15, 0.2) is 5.13 Å². The van der Waals surface area contributed by atoms with Crippen molar-refractivity contribution in [3.8, 4) is 10.6 Å². The van der Waals surface area contributed by atoms with Crippen molar-refractivity contribution in [2.45, 2.75) is 57.5 Å². The molecule has 0 saturated carbocycles. The van der Waals surface area contributed by atoms with Crippen LogP contribution in [0, 0.1) is 13.8 Å². The lowest BCUT2D eigenvalue weighted by molar-refractivity contribution is 0.0250. The zero-order valence-electron chi connectivity index (χ0n) is 17.5. The number of pyridine rings is 1. The van der Waals surface area contributed by atoms with Crippen molar-refractivity contribution >= 4 is 39.5 Å². The Labute approximate surface area is 188 Å². The van der Waals surface area contributed by atoms with E-state index in [-0.39, 0.29) is 11.9 Å². The Kier molecular flexibility index (Phi) is 5.26. The number of alkyl halides is 1. The highest BCUT2D eigenvalue weighted by Crippen LogP contribution is 2.45. The number of aryl methyl sites for hydroxylation is 2. The van der Waals surface area contributed by atoms with Crippen LogP contribution in [0.5, 0.6) is 0 Å². The number of hydrogen-bond donors (Lipinski definition) is 1. The van der Waals surface area contributed by atoms with Crippen LogP contribution >= 0.6 is 22.7 Å². The molecule has 3 aromatic rings. The number of aromatic nitrogens is 3.